The van der Waals surface area contributed by atoms with E-state index in [1.54, 1.807) is 0 Å². The lowest BCUT2D eigenvalue weighted by Crippen LogP contribution is -2.53. The van der Waals surface area contributed by atoms with E-state index in [1.807, 2.05) is 0 Å². The zero-order chi connectivity index (χ0) is 13.0. The van der Waals surface area contributed by atoms with E-state index in [0.717, 1.165) is 18.0 Å². The summed E-state index contributed by atoms with van der Waals surface area (Å²) in [5, 5.41) is 3.74. The first-order valence-corrected chi connectivity index (χ1v) is 8.20. The van der Waals surface area contributed by atoms with Gasteiger partial charge >= 0.3 is 0 Å². The fourth-order valence-corrected chi connectivity index (χ4v) is 4.06. The minimum atomic E-state index is 0.628. The van der Waals surface area contributed by atoms with Crippen molar-refractivity contribution in [2.24, 2.45) is 5.92 Å². The average Bonchev–Trinajstić information content (AvgIpc) is 2.38. The third-order valence-electron chi connectivity index (χ3n) is 4.88. The van der Waals surface area contributed by atoms with E-state index in [-0.39, 0.29) is 0 Å². The van der Waals surface area contributed by atoms with Crippen LogP contribution in [0.1, 0.15) is 65.7 Å². The molecule has 0 aromatic carbocycles. The number of likely N-dealkylation sites (tertiary alicyclic amines) is 1. The number of nitrogens with one attached hydrogen (secondary N) is 1. The normalized spacial score (nSPS) is 35.0. The van der Waals surface area contributed by atoms with Crippen LogP contribution in [0.3, 0.4) is 0 Å². The molecule has 0 bridgehead atoms. The number of piperidine rings is 1. The van der Waals surface area contributed by atoms with Crippen molar-refractivity contribution in [3.63, 3.8) is 0 Å². The van der Waals surface area contributed by atoms with Crippen LogP contribution in [0.15, 0.2) is 0 Å². The zero-order valence-corrected chi connectivity index (χ0v) is 12.6. The fourth-order valence-electron chi connectivity index (χ4n) is 4.06. The molecule has 2 rings (SSSR count). The van der Waals surface area contributed by atoms with Crippen molar-refractivity contribution in [2.75, 3.05) is 13.1 Å². The molecule has 3 unspecified atom stereocenters. The highest BCUT2D eigenvalue weighted by Gasteiger charge is 2.32. The van der Waals surface area contributed by atoms with Gasteiger partial charge in [-0.2, -0.15) is 0 Å². The Morgan fingerprint density at radius 1 is 1.11 bits per heavy atom. The summed E-state index contributed by atoms with van der Waals surface area (Å²) in [7, 11) is 0. The van der Waals surface area contributed by atoms with Crippen LogP contribution in [0.2, 0.25) is 0 Å². The van der Waals surface area contributed by atoms with E-state index >= 15 is 0 Å². The van der Waals surface area contributed by atoms with Gasteiger partial charge in [0.2, 0.25) is 0 Å². The molecule has 1 N–H and O–H groups in total. The Balaban J connectivity index is 1.90. The summed E-state index contributed by atoms with van der Waals surface area (Å²) in [6.07, 6.45) is 9.99. The Morgan fingerprint density at radius 3 is 2.61 bits per heavy atom. The van der Waals surface area contributed by atoms with Gasteiger partial charge in [0, 0.05) is 24.7 Å². The van der Waals surface area contributed by atoms with Gasteiger partial charge in [-0.15, -0.1) is 0 Å². The van der Waals surface area contributed by atoms with Crippen LogP contribution in [0.4, 0.5) is 0 Å². The molecule has 106 valence electrons. The summed E-state index contributed by atoms with van der Waals surface area (Å²) < 4.78 is 0. The van der Waals surface area contributed by atoms with E-state index in [4.69, 9.17) is 0 Å². The van der Waals surface area contributed by atoms with E-state index in [1.165, 1.54) is 58.0 Å². The lowest BCUT2D eigenvalue weighted by molar-refractivity contribution is 0.0675. The highest BCUT2D eigenvalue weighted by Crippen LogP contribution is 2.32. The van der Waals surface area contributed by atoms with Gasteiger partial charge in [-0.1, -0.05) is 40.0 Å². The molecule has 3 atom stereocenters. The lowest BCUT2D eigenvalue weighted by Gasteiger charge is -2.44. The van der Waals surface area contributed by atoms with Crippen LogP contribution in [0, 0.1) is 5.92 Å². The van der Waals surface area contributed by atoms with Crippen LogP contribution < -0.4 is 5.32 Å². The Bertz CT molecular complexity index is 239. The molecule has 1 saturated heterocycles. The number of hydrogen-bond donors (Lipinski definition) is 1. The van der Waals surface area contributed by atoms with E-state index in [0.29, 0.717) is 6.04 Å². The van der Waals surface area contributed by atoms with Crippen LogP contribution in [-0.4, -0.2) is 36.1 Å². The Labute approximate surface area is 114 Å². The largest absolute Gasteiger partial charge is 0.311 e. The molecule has 0 spiro atoms. The molecular formula is C16H32N2. The SMILES string of the molecule is CCC1CCCCC1N1CCCC(NC(C)C)C1. The molecule has 0 aromatic rings. The minimum absolute atomic E-state index is 0.628. The van der Waals surface area contributed by atoms with Gasteiger partial charge in [-0.3, -0.25) is 4.90 Å². The van der Waals surface area contributed by atoms with Crippen LogP contribution >= 0.6 is 0 Å². The smallest absolute Gasteiger partial charge is 0.0197 e. The van der Waals surface area contributed by atoms with Gasteiger partial charge in [0.1, 0.15) is 0 Å². The van der Waals surface area contributed by atoms with Crippen molar-refractivity contribution in [1.82, 2.24) is 10.2 Å². The van der Waals surface area contributed by atoms with E-state index in [9.17, 15) is 0 Å². The molecule has 2 nitrogen and oxygen atoms in total. The second-order valence-electron chi connectivity index (χ2n) is 6.68. The summed E-state index contributed by atoms with van der Waals surface area (Å²) in [5.41, 5.74) is 0. The number of rotatable bonds is 4. The lowest BCUT2D eigenvalue weighted by atomic mass is 9.81. The van der Waals surface area contributed by atoms with Crippen LogP contribution in [-0.2, 0) is 0 Å². The second-order valence-corrected chi connectivity index (χ2v) is 6.68. The molecule has 1 aliphatic carbocycles. The van der Waals surface area contributed by atoms with Crippen molar-refractivity contribution < 1.29 is 0 Å². The standard InChI is InChI=1S/C16H32N2/c1-4-14-8-5-6-10-16(14)18-11-7-9-15(12-18)17-13(2)3/h13-17H,4-12H2,1-3H3. The van der Waals surface area contributed by atoms with Gasteiger partial charge < -0.3 is 5.32 Å². The van der Waals surface area contributed by atoms with Crippen molar-refractivity contribution in [2.45, 2.75) is 83.8 Å². The molecule has 18 heavy (non-hydrogen) atoms. The minimum Gasteiger partial charge on any atom is -0.311 e. The fraction of sp³-hybridized carbons (Fsp3) is 1.00. The Hall–Kier alpha value is -0.0800. The van der Waals surface area contributed by atoms with Crippen LogP contribution in [0.5, 0.6) is 0 Å². The zero-order valence-electron chi connectivity index (χ0n) is 12.6. The Morgan fingerprint density at radius 2 is 1.89 bits per heavy atom. The molecule has 0 amide bonds. The molecule has 1 saturated carbocycles. The van der Waals surface area contributed by atoms with E-state index < -0.39 is 0 Å². The maximum Gasteiger partial charge on any atom is 0.0197 e. The first-order valence-electron chi connectivity index (χ1n) is 8.20. The van der Waals surface area contributed by atoms with Gasteiger partial charge in [-0.25, -0.2) is 0 Å². The third-order valence-corrected chi connectivity index (χ3v) is 4.88. The third kappa shape index (κ3) is 3.71. The van der Waals surface area contributed by atoms with Crippen molar-refractivity contribution >= 4 is 0 Å². The molecule has 1 heterocycles. The molecule has 0 radical (unpaired) electrons. The molecule has 2 aliphatic rings. The topological polar surface area (TPSA) is 15.3 Å². The molecule has 1 aliphatic heterocycles. The monoisotopic (exact) mass is 252 g/mol. The Kier molecular flexibility index (Phi) is 5.50. The highest BCUT2D eigenvalue weighted by atomic mass is 15.2. The maximum atomic E-state index is 3.74. The predicted octanol–water partition coefficient (Wildman–Crippen LogP) is 3.42. The maximum absolute atomic E-state index is 3.74. The predicted molar refractivity (Wildman–Crippen MR) is 78.9 cm³/mol. The average molecular weight is 252 g/mol. The number of nitrogens with zero attached hydrogens (tertiary/aromatic N) is 1. The van der Waals surface area contributed by atoms with Gasteiger partial charge in [0.25, 0.3) is 0 Å². The molecule has 0 aromatic heterocycles. The highest BCUT2D eigenvalue weighted by molar-refractivity contribution is 4.88. The summed E-state index contributed by atoms with van der Waals surface area (Å²) in [6.45, 7) is 9.57. The van der Waals surface area contributed by atoms with E-state index in [2.05, 4.69) is 31.0 Å². The van der Waals surface area contributed by atoms with Gasteiger partial charge in [-0.05, 0) is 38.1 Å². The van der Waals surface area contributed by atoms with Gasteiger partial charge in [0.05, 0.1) is 0 Å². The summed E-state index contributed by atoms with van der Waals surface area (Å²) in [5.74, 6) is 0.969. The summed E-state index contributed by atoms with van der Waals surface area (Å²) >= 11 is 0. The van der Waals surface area contributed by atoms with Crippen molar-refractivity contribution in [3.8, 4) is 0 Å². The van der Waals surface area contributed by atoms with Gasteiger partial charge in [0.15, 0.2) is 0 Å². The number of hydrogen-bond acceptors (Lipinski definition) is 2. The summed E-state index contributed by atoms with van der Waals surface area (Å²) in [6, 6.07) is 2.25. The quantitative estimate of drug-likeness (QED) is 0.825. The molecule has 2 heteroatoms. The first-order chi connectivity index (χ1) is 8.70. The summed E-state index contributed by atoms with van der Waals surface area (Å²) in [4.78, 5) is 2.82. The molecular weight excluding hydrogens is 220 g/mol. The first kappa shape index (κ1) is 14.3. The van der Waals surface area contributed by atoms with Crippen molar-refractivity contribution in [3.05, 3.63) is 0 Å². The molecule has 2 fully saturated rings. The van der Waals surface area contributed by atoms with Crippen LogP contribution in [0.25, 0.3) is 0 Å². The van der Waals surface area contributed by atoms with Crippen molar-refractivity contribution in [1.29, 1.82) is 0 Å². The second kappa shape index (κ2) is 6.91.